The highest BCUT2D eigenvalue weighted by atomic mass is 32.2. The monoisotopic (exact) mass is 185 g/mol. The van der Waals surface area contributed by atoms with Crippen molar-refractivity contribution in [2.24, 2.45) is 4.52 Å². The highest BCUT2D eigenvalue weighted by molar-refractivity contribution is 7.90. The minimum Gasteiger partial charge on any atom is -0.399 e. The van der Waals surface area contributed by atoms with Gasteiger partial charge in [-0.1, -0.05) is 4.52 Å². The van der Waals surface area contributed by atoms with E-state index in [4.69, 9.17) is 11.3 Å². The normalized spacial score (nSPS) is 11.0. The molecule has 0 aliphatic heterocycles. The molecule has 1 aromatic rings. The molecule has 1 rings (SSSR count). The highest BCUT2D eigenvalue weighted by Crippen LogP contribution is 2.13. The smallest absolute Gasteiger partial charge is 0.299 e. The van der Waals surface area contributed by atoms with Gasteiger partial charge in [-0.15, -0.1) is 0 Å². The number of sulfonamides is 1. The van der Waals surface area contributed by atoms with Gasteiger partial charge >= 0.3 is 0 Å². The highest BCUT2D eigenvalue weighted by Gasteiger charge is 2.10. The zero-order valence-corrected chi connectivity index (χ0v) is 6.88. The molecule has 0 amide bonds. The maximum atomic E-state index is 10.9. The maximum absolute atomic E-state index is 10.9. The van der Waals surface area contributed by atoms with Crippen LogP contribution < -0.4 is 5.73 Å². The lowest BCUT2D eigenvalue weighted by Crippen LogP contribution is -1.95. The van der Waals surface area contributed by atoms with E-state index in [1.807, 2.05) is 0 Å². The zero-order valence-electron chi connectivity index (χ0n) is 6.06. The van der Waals surface area contributed by atoms with E-state index in [1.54, 1.807) is 0 Å². The van der Waals surface area contributed by atoms with Crippen LogP contribution in [-0.2, 0) is 10.0 Å². The van der Waals surface area contributed by atoms with E-state index in [0.29, 0.717) is 5.69 Å². The van der Waals surface area contributed by atoms with Gasteiger partial charge < -0.3 is 5.73 Å². The van der Waals surface area contributed by atoms with Crippen LogP contribution in [0.2, 0.25) is 0 Å². The van der Waals surface area contributed by atoms with E-state index in [-0.39, 0.29) is 4.90 Å². The van der Waals surface area contributed by atoms with Crippen molar-refractivity contribution in [3.63, 3.8) is 0 Å². The summed E-state index contributed by atoms with van der Waals surface area (Å²) in [4.78, 5) is -0.0216. The minimum absolute atomic E-state index is 0.0216. The molecule has 64 valence electrons. The van der Waals surface area contributed by atoms with Crippen LogP contribution in [0.25, 0.3) is 0 Å². The number of nitrogens with zero attached hydrogens (tertiary/aromatic N) is 1. The lowest BCUT2D eigenvalue weighted by molar-refractivity contribution is 0.594. The van der Waals surface area contributed by atoms with Gasteiger partial charge in [0, 0.05) is 5.69 Å². The second-order valence-electron chi connectivity index (χ2n) is 2.14. The third kappa shape index (κ3) is 1.59. The Labute approximate surface area is 69.8 Å². The first kappa shape index (κ1) is 8.66. The molecule has 0 aromatic heterocycles. The summed E-state index contributed by atoms with van der Waals surface area (Å²) in [5.74, 6) is 0. The number of rotatable bonds is 2. The molecule has 0 unspecified atom stereocenters. The molecule has 0 saturated carbocycles. The molecule has 3 N–H and O–H groups in total. The van der Waals surface area contributed by atoms with Crippen molar-refractivity contribution in [1.29, 1.82) is 5.53 Å². The number of hydrogen-bond donors (Lipinski definition) is 2. The van der Waals surface area contributed by atoms with Crippen molar-refractivity contribution in [3.05, 3.63) is 24.3 Å². The molecule has 6 heteroatoms. The van der Waals surface area contributed by atoms with Crippen molar-refractivity contribution >= 4 is 15.7 Å². The first-order chi connectivity index (χ1) is 5.56. The molecular formula is C6H7N3O2S. The third-order valence-corrected chi connectivity index (χ3v) is 2.41. The summed E-state index contributed by atoms with van der Waals surface area (Å²) in [6.07, 6.45) is 0. The van der Waals surface area contributed by atoms with Crippen LogP contribution in [0.1, 0.15) is 0 Å². The van der Waals surface area contributed by atoms with Crippen LogP contribution in [0.4, 0.5) is 5.69 Å². The Hall–Kier alpha value is -1.43. The van der Waals surface area contributed by atoms with E-state index in [0.717, 1.165) is 0 Å². The standard InChI is InChI=1S/C6H7N3O2S/c7-5-1-3-6(4-2-5)12(10,11)9-8/h1-4,8H,7H2. The molecule has 0 aliphatic carbocycles. The Balaban J connectivity index is 3.23. The molecule has 5 nitrogen and oxygen atoms in total. The van der Waals surface area contributed by atoms with Crippen LogP contribution in [-0.4, -0.2) is 8.42 Å². The second kappa shape index (κ2) is 2.90. The van der Waals surface area contributed by atoms with Gasteiger partial charge in [0.15, 0.2) is 0 Å². The lowest BCUT2D eigenvalue weighted by Gasteiger charge is -1.96. The summed E-state index contributed by atoms with van der Waals surface area (Å²) in [7, 11) is -3.78. The Kier molecular flexibility index (Phi) is 2.09. The fourth-order valence-electron chi connectivity index (χ4n) is 0.693. The van der Waals surface area contributed by atoms with Gasteiger partial charge in [0.05, 0.1) is 4.90 Å². The number of hydrogen-bond acceptors (Lipinski definition) is 4. The molecule has 0 heterocycles. The average Bonchev–Trinajstić information content (AvgIpc) is 2.05. The first-order valence-electron chi connectivity index (χ1n) is 3.05. The third-order valence-electron chi connectivity index (χ3n) is 1.30. The van der Waals surface area contributed by atoms with Crippen molar-refractivity contribution in [3.8, 4) is 0 Å². The van der Waals surface area contributed by atoms with Gasteiger partial charge in [0.25, 0.3) is 10.0 Å². The molecule has 0 saturated heterocycles. The van der Waals surface area contributed by atoms with Gasteiger partial charge in [-0.3, -0.25) is 0 Å². The predicted octanol–water partition coefficient (Wildman–Crippen LogP) is 0.988. The molecule has 0 spiro atoms. The van der Waals surface area contributed by atoms with E-state index in [1.165, 1.54) is 24.3 Å². The van der Waals surface area contributed by atoms with Gasteiger partial charge in [-0.05, 0) is 24.3 Å². The Morgan fingerprint density at radius 3 is 2.17 bits per heavy atom. The predicted molar refractivity (Wildman–Crippen MR) is 43.2 cm³/mol. The van der Waals surface area contributed by atoms with Crippen molar-refractivity contribution in [1.82, 2.24) is 0 Å². The van der Waals surface area contributed by atoms with E-state index in [2.05, 4.69) is 4.52 Å². The number of benzene rings is 1. The van der Waals surface area contributed by atoms with E-state index >= 15 is 0 Å². The van der Waals surface area contributed by atoms with Crippen LogP contribution in [0, 0.1) is 5.53 Å². The molecule has 12 heavy (non-hydrogen) atoms. The summed E-state index contributed by atoms with van der Waals surface area (Å²) in [5, 5.41) is 0. The summed E-state index contributed by atoms with van der Waals surface area (Å²) >= 11 is 0. The molecule has 1 aromatic carbocycles. The van der Waals surface area contributed by atoms with Crippen molar-refractivity contribution in [2.45, 2.75) is 4.90 Å². The average molecular weight is 185 g/mol. The summed E-state index contributed by atoms with van der Waals surface area (Å²) in [6.45, 7) is 0. The fourth-order valence-corrected chi connectivity index (χ4v) is 1.28. The SMILES string of the molecule is N=NS(=O)(=O)c1ccc(N)cc1. The summed E-state index contributed by atoms with van der Waals surface area (Å²) < 4.78 is 24.3. The number of anilines is 1. The fraction of sp³-hybridized carbons (Fsp3) is 0. The van der Waals surface area contributed by atoms with Crippen LogP contribution in [0.3, 0.4) is 0 Å². The Morgan fingerprint density at radius 1 is 1.25 bits per heavy atom. The molecule has 0 radical (unpaired) electrons. The van der Waals surface area contributed by atoms with Crippen LogP contribution in [0.15, 0.2) is 33.7 Å². The van der Waals surface area contributed by atoms with E-state index in [9.17, 15) is 8.42 Å². The lowest BCUT2D eigenvalue weighted by atomic mass is 10.3. The Bertz CT molecular complexity index is 382. The minimum atomic E-state index is -3.78. The Morgan fingerprint density at radius 2 is 1.75 bits per heavy atom. The molecular weight excluding hydrogens is 178 g/mol. The van der Waals surface area contributed by atoms with Gasteiger partial charge in [-0.2, -0.15) is 13.9 Å². The van der Waals surface area contributed by atoms with Crippen LogP contribution in [0.5, 0.6) is 0 Å². The summed E-state index contributed by atoms with van der Waals surface area (Å²) in [5.41, 5.74) is 12.2. The van der Waals surface area contributed by atoms with E-state index < -0.39 is 10.0 Å². The number of nitrogens with one attached hydrogen (secondary N) is 1. The maximum Gasteiger partial charge on any atom is 0.299 e. The largest absolute Gasteiger partial charge is 0.399 e. The first-order valence-corrected chi connectivity index (χ1v) is 4.49. The topological polar surface area (TPSA) is 96.4 Å². The molecule has 0 atom stereocenters. The van der Waals surface area contributed by atoms with Gasteiger partial charge in [0.1, 0.15) is 0 Å². The quantitative estimate of drug-likeness (QED) is 0.531. The van der Waals surface area contributed by atoms with Gasteiger partial charge in [0.2, 0.25) is 0 Å². The molecule has 0 bridgehead atoms. The second-order valence-corrected chi connectivity index (χ2v) is 3.74. The number of nitrogens with two attached hydrogens (primary N) is 1. The number of nitrogen functional groups attached to an aromatic ring is 1. The molecule has 0 fully saturated rings. The molecule has 0 aliphatic rings. The van der Waals surface area contributed by atoms with Crippen LogP contribution >= 0.6 is 0 Å². The summed E-state index contributed by atoms with van der Waals surface area (Å²) in [6, 6.07) is 5.50. The van der Waals surface area contributed by atoms with Crippen molar-refractivity contribution in [2.75, 3.05) is 5.73 Å². The van der Waals surface area contributed by atoms with Gasteiger partial charge in [-0.25, -0.2) is 0 Å². The van der Waals surface area contributed by atoms with Crippen molar-refractivity contribution < 1.29 is 8.42 Å². The zero-order chi connectivity index (χ0) is 9.19.